The molecule has 5 nitrogen and oxygen atoms in total. The number of piperidine rings is 1. The number of aromatic amines is 1. The lowest BCUT2D eigenvalue weighted by molar-refractivity contribution is 0.264. The van der Waals surface area contributed by atoms with E-state index in [1.807, 2.05) is 18.5 Å². The van der Waals surface area contributed by atoms with Gasteiger partial charge in [-0.25, -0.2) is 8.42 Å². The van der Waals surface area contributed by atoms with Crippen LogP contribution in [0.4, 0.5) is 0 Å². The van der Waals surface area contributed by atoms with Crippen molar-refractivity contribution >= 4 is 21.4 Å². The summed E-state index contributed by atoms with van der Waals surface area (Å²) >= 11 is 1.29. The van der Waals surface area contributed by atoms with Gasteiger partial charge in [0.05, 0.1) is 6.20 Å². The minimum absolute atomic E-state index is 0.354. The first kappa shape index (κ1) is 14.7. The molecule has 3 rings (SSSR count). The molecule has 1 aliphatic heterocycles. The molecular weight excluding hydrogens is 306 g/mol. The predicted molar refractivity (Wildman–Crippen MR) is 82.8 cm³/mol. The monoisotopic (exact) mass is 325 g/mol. The van der Waals surface area contributed by atoms with Gasteiger partial charge in [0.25, 0.3) is 10.0 Å². The highest BCUT2D eigenvalue weighted by Crippen LogP contribution is 2.28. The van der Waals surface area contributed by atoms with Crippen molar-refractivity contribution in [1.29, 1.82) is 0 Å². The number of nitrogens with zero attached hydrogens (tertiary/aromatic N) is 2. The van der Waals surface area contributed by atoms with E-state index >= 15 is 0 Å². The molecule has 2 aromatic heterocycles. The third-order valence-electron chi connectivity index (χ3n) is 4.00. The van der Waals surface area contributed by atoms with Crippen LogP contribution >= 0.6 is 11.3 Å². The molecule has 1 saturated heterocycles. The molecule has 1 N–H and O–H groups in total. The van der Waals surface area contributed by atoms with Crippen molar-refractivity contribution < 1.29 is 8.42 Å². The number of rotatable bonds is 4. The molecule has 21 heavy (non-hydrogen) atoms. The maximum atomic E-state index is 12.6. The van der Waals surface area contributed by atoms with Crippen LogP contribution in [0.15, 0.2) is 27.9 Å². The second-order valence-electron chi connectivity index (χ2n) is 5.54. The fraction of sp³-hybridized carbons (Fsp3) is 0.500. The first-order chi connectivity index (χ1) is 10.1. The van der Waals surface area contributed by atoms with Gasteiger partial charge in [0.2, 0.25) is 0 Å². The van der Waals surface area contributed by atoms with Gasteiger partial charge in [-0.15, -0.1) is 11.3 Å². The van der Waals surface area contributed by atoms with Gasteiger partial charge in [-0.1, -0.05) is 6.07 Å². The van der Waals surface area contributed by atoms with Gasteiger partial charge in [-0.2, -0.15) is 9.40 Å². The molecule has 1 unspecified atom stereocenters. The van der Waals surface area contributed by atoms with Gasteiger partial charge in [0.15, 0.2) is 0 Å². The Balaban J connectivity index is 1.73. The van der Waals surface area contributed by atoms with E-state index in [4.69, 9.17) is 0 Å². The van der Waals surface area contributed by atoms with E-state index in [0.717, 1.165) is 30.5 Å². The molecule has 0 spiro atoms. The molecule has 2 aromatic rings. The van der Waals surface area contributed by atoms with Crippen molar-refractivity contribution in [3.63, 3.8) is 0 Å². The van der Waals surface area contributed by atoms with Crippen molar-refractivity contribution in [1.82, 2.24) is 14.5 Å². The van der Waals surface area contributed by atoms with Gasteiger partial charge < -0.3 is 0 Å². The Morgan fingerprint density at radius 1 is 1.52 bits per heavy atom. The van der Waals surface area contributed by atoms with Gasteiger partial charge in [-0.05, 0) is 49.1 Å². The van der Waals surface area contributed by atoms with E-state index in [-0.39, 0.29) is 0 Å². The highest BCUT2D eigenvalue weighted by atomic mass is 32.2. The average molecular weight is 325 g/mol. The van der Waals surface area contributed by atoms with Crippen molar-refractivity contribution in [2.24, 2.45) is 5.92 Å². The molecule has 1 fully saturated rings. The van der Waals surface area contributed by atoms with Crippen LogP contribution in [0.3, 0.4) is 0 Å². The summed E-state index contributed by atoms with van der Waals surface area (Å²) in [6, 6.07) is 3.47. The number of hydrogen-bond donors (Lipinski definition) is 1. The van der Waals surface area contributed by atoms with Gasteiger partial charge in [0, 0.05) is 18.8 Å². The molecule has 1 aliphatic rings. The fourth-order valence-corrected chi connectivity index (χ4v) is 5.52. The Kier molecular flexibility index (Phi) is 4.14. The molecule has 0 aromatic carbocycles. The molecule has 3 heterocycles. The SMILES string of the molecule is Cc1cn[nH]c1CC1CCCN(S(=O)(=O)c2cccs2)C1. The van der Waals surface area contributed by atoms with Crippen LogP contribution < -0.4 is 0 Å². The van der Waals surface area contributed by atoms with Gasteiger partial charge in [0.1, 0.15) is 4.21 Å². The summed E-state index contributed by atoms with van der Waals surface area (Å²) in [7, 11) is -3.31. The van der Waals surface area contributed by atoms with Crippen LogP contribution in [0, 0.1) is 12.8 Å². The zero-order valence-corrected chi connectivity index (χ0v) is 13.6. The van der Waals surface area contributed by atoms with Crippen LogP contribution in [0.5, 0.6) is 0 Å². The Hall–Kier alpha value is -1.18. The van der Waals surface area contributed by atoms with Crippen LogP contribution in [-0.2, 0) is 16.4 Å². The van der Waals surface area contributed by atoms with Crippen molar-refractivity contribution in [3.05, 3.63) is 35.0 Å². The third kappa shape index (κ3) is 3.04. The summed E-state index contributed by atoms with van der Waals surface area (Å²) in [5, 5.41) is 8.87. The molecule has 114 valence electrons. The third-order valence-corrected chi connectivity index (χ3v) is 7.24. The van der Waals surface area contributed by atoms with Gasteiger partial charge in [-0.3, -0.25) is 5.10 Å². The highest BCUT2D eigenvalue weighted by molar-refractivity contribution is 7.91. The molecule has 0 amide bonds. The molecule has 0 aliphatic carbocycles. The minimum atomic E-state index is -3.31. The van der Waals surface area contributed by atoms with E-state index in [0.29, 0.717) is 23.2 Å². The number of aromatic nitrogens is 2. The smallest absolute Gasteiger partial charge is 0.252 e. The molecule has 7 heteroatoms. The minimum Gasteiger partial charge on any atom is -0.282 e. The maximum absolute atomic E-state index is 12.6. The summed E-state index contributed by atoms with van der Waals surface area (Å²) in [6.07, 6.45) is 4.66. The lowest BCUT2D eigenvalue weighted by Gasteiger charge is -2.31. The van der Waals surface area contributed by atoms with Crippen molar-refractivity contribution in [2.45, 2.75) is 30.4 Å². The summed E-state index contributed by atoms with van der Waals surface area (Å²) in [5.74, 6) is 0.354. The zero-order chi connectivity index (χ0) is 14.9. The normalized spacial score (nSPS) is 20.7. The molecule has 0 saturated carbocycles. The maximum Gasteiger partial charge on any atom is 0.252 e. The van der Waals surface area contributed by atoms with Crippen LogP contribution in [0.25, 0.3) is 0 Å². The zero-order valence-electron chi connectivity index (χ0n) is 11.9. The van der Waals surface area contributed by atoms with E-state index in [1.54, 1.807) is 16.4 Å². The number of hydrogen-bond acceptors (Lipinski definition) is 4. The quantitative estimate of drug-likeness (QED) is 0.939. The molecule has 1 atom stereocenters. The van der Waals surface area contributed by atoms with E-state index in [1.165, 1.54) is 11.3 Å². The van der Waals surface area contributed by atoms with Gasteiger partial charge >= 0.3 is 0 Å². The standard InChI is InChI=1S/C14H19N3O2S2/c1-11-9-15-16-13(11)8-12-4-2-6-17(10-12)21(18,19)14-5-3-7-20-14/h3,5,7,9,12H,2,4,6,8,10H2,1H3,(H,15,16). The fourth-order valence-electron chi connectivity index (χ4n) is 2.82. The second-order valence-corrected chi connectivity index (χ2v) is 8.65. The second kappa shape index (κ2) is 5.90. The summed E-state index contributed by atoms with van der Waals surface area (Å²) < 4.78 is 27.2. The average Bonchev–Trinajstić information content (AvgIpc) is 3.12. The number of sulfonamides is 1. The lowest BCUT2D eigenvalue weighted by atomic mass is 9.94. The number of thiophene rings is 1. The lowest BCUT2D eigenvalue weighted by Crippen LogP contribution is -2.40. The number of H-pyrrole nitrogens is 1. The Labute approximate surface area is 129 Å². The summed E-state index contributed by atoms with van der Waals surface area (Å²) in [5.41, 5.74) is 2.27. The largest absolute Gasteiger partial charge is 0.282 e. The Morgan fingerprint density at radius 2 is 2.38 bits per heavy atom. The number of nitrogens with one attached hydrogen (secondary N) is 1. The van der Waals surface area contributed by atoms with E-state index < -0.39 is 10.0 Å². The summed E-state index contributed by atoms with van der Waals surface area (Å²) in [4.78, 5) is 0. The van der Waals surface area contributed by atoms with E-state index in [2.05, 4.69) is 10.2 Å². The molecular formula is C14H19N3O2S2. The van der Waals surface area contributed by atoms with Crippen LogP contribution in [-0.4, -0.2) is 36.0 Å². The highest BCUT2D eigenvalue weighted by Gasteiger charge is 2.31. The number of aryl methyl sites for hydroxylation is 1. The Bertz CT molecular complexity index is 692. The molecule has 0 radical (unpaired) electrons. The molecule has 0 bridgehead atoms. The van der Waals surface area contributed by atoms with Crippen LogP contribution in [0.2, 0.25) is 0 Å². The van der Waals surface area contributed by atoms with Crippen molar-refractivity contribution in [2.75, 3.05) is 13.1 Å². The predicted octanol–water partition coefficient (Wildman–Crippen LogP) is 2.42. The summed E-state index contributed by atoms with van der Waals surface area (Å²) in [6.45, 7) is 3.25. The van der Waals surface area contributed by atoms with E-state index in [9.17, 15) is 8.42 Å². The van der Waals surface area contributed by atoms with Crippen molar-refractivity contribution in [3.8, 4) is 0 Å². The Morgan fingerprint density at radius 3 is 3.05 bits per heavy atom. The first-order valence-corrected chi connectivity index (χ1v) is 9.42. The van der Waals surface area contributed by atoms with Crippen LogP contribution in [0.1, 0.15) is 24.1 Å². The first-order valence-electron chi connectivity index (χ1n) is 7.10. The topological polar surface area (TPSA) is 66.1 Å².